The van der Waals surface area contributed by atoms with Gasteiger partial charge in [0.25, 0.3) is 0 Å². The summed E-state index contributed by atoms with van der Waals surface area (Å²) in [5.41, 5.74) is 0. The maximum atomic E-state index is 11.7. The van der Waals surface area contributed by atoms with Crippen LogP contribution in [0.3, 0.4) is 0 Å². The Morgan fingerprint density at radius 3 is 1.75 bits per heavy atom. The molecule has 0 radical (unpaired) electrons. The summed E-state index contributed by atoms with van der Waals surface area (Å²) in [6.45, 7) is 2.83. The SMILES string of the molecule is CCCS(=O)(=O)N1CCN(S(C)(=O)=O)CC1. The molecule has 0 aromatic heterocycles. The summed E-state index contributed by atoms with van der Waals surface area (Å²) in [6, 6.07) is 0. The van der Waals surface area contributed by atoms with E-state index in [0.29, 0.717) is 6.42 Å². The first-order valence-corrected chi connectivity index (χ1v) is 8.66. The van der Waals surface area contributed by atoms with Crippen molar-refractivity contribution in [3.63, 3.8) is 0 Å². The van der Waals surface area contributed by atoms with E-state index in [-0.39, 0.29) is 31.9 Å². The number of sulfonamides is 2. The smallest absolute Gasteiger partial charge is 0.213 e. The molecule has 0 N–H and O–H groups in total. The summed E-state index contributed by atoms with van der Waals surface area (Å²) in [6.07, 6.45) is 1.72. The molecule has 0 amide bonds. The Balaban J connectivity index is 2.63. The topological polar surface area (TPSA) is 74.8 Å². The normalized spacial score (nSPS) is 21.1. The van der Waals surface area contributed by atoms with Crippen molar-refractivity contribution in [1.82, 2.24) is 8.61 Å². The van der Waals surface area contributed by atoms with Gasteiger partial charge in [-0.05, 0) is 6.42 Å². The van der Waals surface area contributed by atoms with Crippen LogP contribution in [0.15, 0.2) is 0 Å². The van der Waals surface area contributed by atoms with Crippen molar-refractivity contribution in [2.75, 3.05) is 38.2 Å². The number of piperazine rings is 1. The largest absolute Gasteiger partial charge is 0.214 e. The average Bonchev–Trinajstić information content (AvgIpc) is 2.16. The lowest BCUT2D eigenvalue weighted by molar-refractivity contribution is 0.274. The predicted octanol–water partition coefficient (Wildman–Crippen LogP) is -0.697. The summed E-state index contributed by atoms with van der Waals surface area (Å²) in [5, 5.41) is 0. The molecule has 0 aromatic rings. The van der Waals surface area contributed by atoms with Gasteiger partial charge in [-0.3, -0.25) is 0 Å². The minimum atomic E-state index is -3.20. The molecule has 8 heteroatoms. The standard InChI is InChI=1S/C8H18N2O4S2/c1-3-8-16(13,14)10-6-4-9(5-7-10)15(2,11)12/h3-8H2,1-2H3. The zero-order valence-electron chi connectivity index (χ0n) is 9.59. The van der Waals surface area contributed by atoms with Crippen LogP contribution in [-0.4, -0.2) is 63.6 Å². The van der Waals surface area contributed by atoms with E-state index in [2.05, 4.69) is 0 Å². The van der Waals surface area contributed by atoms with Gasteiger partial charge in [-0.1, -0.05) is 6.92 Å². The lowest BCUT2D eigenvalue weighted by atomic mass is 10.4. The number of hydrogen-bond donors (Lipinski definition) is 0. The van der Waals surface area contributed by atoms with Gasteiger partial charge in [-0.2, -0.15) is 8.61 Å². The Kier molecular flexibility index (Phi) is 4.33. The molecule has 1 rings (SSSR count). The predicted molar refractivity (Wildman–Crippen MR) is 62.1 cm³/mol. The highest BCUT2D eigenvalue weighted by molar-refractivity contribution is 7.89. The van der Waals surface area contributed by atoms with E-state index in [4.69, 9.17) is 0 Å². The lowest BCUT2D eigenvalue weighted by Gasteiger charge is -2.32. The molecule has 0 saturated carbocycles. The molecule has 0 atom stereocenters. The minimum absolute atomic E-state index is 0.131. The Bertz CT molecular complexity index is 421. The van der Waals surface area contributed by atoms with Crippen molar-refractivity contribution in [1.29, 1.82) is 0 Å². The molecule has 0 aromatic carbocycles. The fourth-order valence-electron chi connectivity index (χ4n) is 1.67. The summed E-state index contributed by atoms with van der Waals surface area (Å²) >= 11 is 0. The van der Waals surface area contributed by atoms with Crippen LogP contribution in [0.1, 0.15) is 13.3 Å². The highest BCUT2D eigenvalue weighted by Crippen LogP contribution is 2.11. The van der Waals surface area contributed by atoms with Crippen molar-refractivity contribution in [2.24, 2.45) is 0 Å². The molecular formula is C8H18N2O4S2. The second-order valence-electron chi connectivity index (χ2n) is 3.88. The highest BCUT2D eigenvalue weighted by atomic mass is 32.2. The van der Waals surface area contributed by atoms with Gasteiger partial charge in [0.1, 0.15) is 0 Å². The van der Waals surface area contributed by atoms with Crippen LogP contribution in [0.5, 0.6) is 0 Å². The Hall–Kier alpha value is -0.180. The number of hydrogen-bond acceptors (Lipinski definition) is 4. The van der Waals surface area contributed by atoms with Crippen molar-refractivity contribution < 1.29 is 16.8 Å². The summed E-state index contributed by atoms with van der Waals surface area (Å²) < 4.78 is 48.5. The van der Waals surface area contributed by atoms with Gasteiger partial charge in [-0.25, -0.2) is 16.8 Å². The van der Waals surface area contributed by atoms with Gasteiger partial charge in [0.15, 0.2) is 0 Å². The Morgan fingerprint density at radius 2 is 1.38 bits per heavy atom. The van der Waals surface area contributed by atoms with E-state index in [0.717, 1.165) is 6.26 Å². The van der Waals surface area contributed by atoms with E-state index in [9.17, 15) is 16.8 Å². The monoisotopic (exact) mass is 270 g/mol. The van der Waals surface area contributed by atoms with E-state index in [1.54, 1.807) is 0 Å². The Morgan fingerprint density at radius 1 is 0.938 bits per heavy atom. The minimum Gasteiger partial charge on any atom is -0.213 e. The maximum absolute atomic E-state index is 11.7. The first kappa shape index (κ1) is 13.9. The molecule has 1 aliphatic heterocycles. The van der Waals surface area contributed by atoms with Gasteiger partial charge < -0.3 is 0 Å². The van der Waals surface area contributed by atoms with E-state index < -0.39 is 20.0 Å². The first-order valence-electron chi connectivity index (χ1n) is 5.20. The molecular weight excluding hydrogens is 252 g/mol. The molecule has 0 unspecified atom stereocenters. The Labute approximate surface area is 97.3 Å². The average molecular weight is 270 g/mol. The van der Waals surface area contributed by atoms with Crippen molar-refractivity contribution in [3.8, 4) is 0 Å². The lowest BCUT2D eigenvalue weighted by Crippen LogP contribution is -2.50. The molecule has 0 aliphatic carbocycles. The van der Waals surface area contributed by atoms with Crippen LogP contribution < -0.4 is 0 Å². The quantitative estimate of drug-likeness (QED) is 0.677. The summed E-state index contributed by atoms with van der Waals surface area (Å²) in [4.78, 5) is 0. The fourth-order valence-corrected chi connectivity index (χ4v) is 3.99. The number of nitrogens with zero attached hydrogens (tertiary/aromatic N) is 2. The van der Waals surface area contributed by atoms with E-state index in [1.165, 1.54) is 8.61 Å². The highest BCUT2D eigenvalue weighted by Gasteiger charge is 2.29. The van der Waals surface area contributed by atoms with Crippen LogP contribution in [0.4, 0.5) is 0 Å². The van der Waals surface area contributed by atoms with E-state index in [1.807, 2.05) is 6.92 Å². The molecule has 1 aliphatic rings. The molecule has 0 spiro atoms. The van der Waals surface area contributed by atoms with E-state index >= 15 is 0 Å². The molecule has 16 heavy (non-hydrogen) atoms. The van der Waals surface area contributed by atoms with Gasteiger partial charge in [0.05, 0.1) is 12.0 Å². The summed E-state index contributed by atoms with van der Waals surface area (Å²) in [7, 11) is -6.39. The van der Waals surface area contributed by atoms with Crippen LogP contribution in [-0.2, 0) is 20.0 Å². The van der Waals surface area contributed by atoms with Crippen LogP contribution >= 0.6 is 0 Å². The second kappa shape index (κ2) is 4.99. The second-order valence-corrected chi connectivity index (χ2v) is 7.95. The van der Waals surface area contributed by atoms with Crippen LogP contribution in [0, 0.1) is 0 Å². The molecule has 1 saturated heterocycles. The third kappa shape index (κ3) is 3.41. The van der Waals surface area contributed by atoms with Gasteiger partial charge in [0.2, 0.25) is 20.0 Å². The molecule has 1 fully saturated rings. The molecule has 0 bridgehead atoms. The van der Waals surface area contributed by atoms with Crippen molar-refractivity contribution in [3.05, 3.63) is 0 Å². The maximum Gasteiger partial charge on any atom is 0.214 e. The molecule has 96 valence electrons. The van der Waals surface area contributed by atoms with Crippen LogP contribution in [0.2, 0.25) is 0 Å². The molecule has 1 heterocycles. The fraction of sp³-hybridized carbons (Fsp3) is 1.00. The zero-order chi connectivity index (χ0) is 12.4. The molecule has 6 nitrogen and oxygen atoms in total. The third-order valence-electron chi connectivity index (χ3n) is 2.52. The van der Waals surface area contributed by atoms with Crippen molar-refractivity contribution in [2.45, 2.75) is 13.3 Å². The third-order valence-corrected chi connectivity index (χ3v) is 5.90. The van der Waals surface area contributed by atoms with Gasteiger partial charge in [-0.15, -0.1) is 0 Å². The van der Waals surface area contributed by atoms with Crippen LogP contribution in [0.25, 0.3) is 0 Å². The van der Waals surface area contributed by atoms with Crippen molar-refractivity contribution >= 4 is 20.0 Å². The number of rotatable bonds is 4. The first-order chi connectivity index (χ1) is 7.27. The van der Waals surface area contributed by atoms with Gasteiger partial charge >= 0.3 is 0 Å². The zero-order valence-corrected chi connectivity index (χ0v) is 11.2. The van der Waals surface area contributed by atoms with Gasteiger partial charge in [0, 0.05) is 26.2 Å². The summed E-state index contributed by atoms with van der Waals surface area (Å²) in [5.74, 6) is 0.131.